The van der Waals surface area contributed by atoms with Crippen LogP contribution in [0.1, 0.15) is 31.3 Å². The largest absolute Gasteiger partial charge is 0.466 e. The third kappa shape index (κ3) is 2.88. The molecular formula is C11H18O2. The topological polar surface area (TPSA) is 33.4 Å². The predicted molar refractivity (Wildman–Crippen MR) is 52.6 cm³/mol. The van der Waals surface area contributed by atoms with E-state index >= 15 is 0 Å². The van der Waals surface area contributed by atoms with Crippen molar-refractivity contribution in [2.45, 2.75) is 33.1 Å². The first-order valence-electron chi connectivity index (χ1n) is 4.68. The Bertz CT molecular complexity index is 259. The Labute approximate surface area is 79.6 Å². The Morgan fingerprint density at radius 2 is 2.00 bits per heavy atom. The molecule has 1 aromatic rings. The van der Waals surface area contributed by atoms with Crippen LogP contribution in [0.2, 0.25) is 0 Å². The van der Waals surface area contributed by atoms with Crippen LogP contribution >= 0.6 is 0 Å². The Balaban J connectivity index is 0.000000396. The summed E-state index contributed by atoms with van der Waals surface area (Å²) >= 11 is 0. The molecule has 1 aliphatic rings. The van der Waals surface area contributed by atoms with Crippen molar-refractivity contribution in [3.05, 3.63) is 23.7 Å². The SMILES string of the molecule is CO.Cc1ccc(CC2(C)CC2)o1. The summed E-state index contributed by atoms with van der Waals surface area (Å²) in [7, 11) is 1.00. The molecule has 74 valence electrons. The van der Waals surface area contributed by atoms with Crippen molar-refractivity contribution in [2.24, 2.45) is 5.41 Å². The van der Waals surface area contributed by atoms with Crippen molar-refractivity contribution in [3.8, 4) is 0 Å². The highest BCUT2D eigenvalue weighted by Gasteiger charge is 2.37. The zero-order valence-corrected chi connectivity index (χ0v) is 8.63. The van der Waals surface area contributed by atoms with Crippen molar-refractivity contribution in [1.29, 1.82) is 0 Å². The van der Waals surface area contributed by atoms with E-state index in [1.54, 1.807) is 0 Å². The molecule has 2 nitrogen and oxygen atoms in total. The molecule has 0 spiro atoms. The minimum atomic E-state index is 0.574. The minimum Gasteiger partial charge on any atom is -0.466 e. The summed E-state index contributed by atoms with van der Waals surface area (Å²) < 4.78 is 5.50. The normalized spacial score (nSPS) is 17.5. The van der Waals surface area contributed by atoms with Gasteiger partial charge in [0, 0.05) is 13.5 Å². The van der Waals surface area contributed by atoms with Gasteiger partial charge in [-0.3, -0.25) is 0 Å². The van der Waals surface area contributed by atoms with Gasteiger partial charge >= 0.3 is 0 Å². The monoisotopic (exact) mass is 182 g/mol. The van der Waals surface area contributed by atoms with Gasteiger partial charge in [-0.2, -0.15) is 0 Å². The molecule has 1 aliphatic carbocycles. The molecule has 0 aliphatic heterocycles. The van der Waals surface area contributed by atoms with E-state index in [4.69, 9.17) is 9.52 Å². The van der Waals surface area contributed by atoms with Gasteiger partial charge in [-0.15, -0.1) is 0 Å². The Morgan fingerprint density at radius 3 is 2.38 bits per heavy atom. The number of furan rings is 1. The lowest BCUT2D eigenvalue weighted by Crippen LogP contribution is -1.96. The summed E-state index contributed by atoms with van der Waals surface area (Å²) in [5.74, 6) is 2.19. The quantitative estimate of drug-likeness (QED) is 0.762. The molecule has 2 heteroatoms. The second-order valence-electron chi connectivity index (χ2n) is 4.00. The zero-order valence-electron chi connectivity index (χ0n) is 8.63. The van der Waals surface area contributed by atoms with E-state index in [1.165, 1.54) is 12.8 Å². The Hall–Kier alpha value is -0.760. The highest BCUT2D eigenvalue weighted by molar-refractivity contribution is 5.09. The minimum absolute atomic E-state index is 0.574. The highest BCUT2D eigenvalue weighted by atomic mass is 16.3. The number of hydrogen-bond donors (Lipinski definition) is 1. The third-order valence-electron chi connectivity index (χ3n) is 2.50. The van der Waals surface area contributed by atoms with Crippen molar-refractivity contribution in [3.63, 3.8) is 0 Å². The maximum absolute atomic E-state index is 7.00. The zero-order chi connectivity index (χ0) is 9.90. The van der Waals surface area contributed by atoms with E-state index in [0.29, 0.717) is 5.41 Å². The van der Waals surface area contributed by atoms with E-state index in [1.807, 2.05) is 13.0 Å². The van der Waals surface area contributed by atoms with Gasteiger partial charge in [-0.1, -0.05) is 6.92 Å². The first kappa shape index (κ1) is 10.3. The van der Waals surface area contributed by atoms with Crippen molar-refractivity contribution >= 4 is 0 Å². The van der Waals surface area contributed by atoms with Crippen molar-refractivity contribution in [1.82, 2.24) is 0 Å². The number of aryl methyl sites for hydroxylation is 1. The summed E-state index contributed by atoms with van der Waals surface area (Å²) in [5.41, 5.74) is 0.574. The fourth-order valence-electron chi connectivity index (χ4n) is 1.39. The number of aliphatic hydroxyl groups is 1. The molecule has 13 heavy (non-hydrogen) atoms. The molecule has 0 unspecified atom stereocenters. The van der Waals surface area contributed by atoms with Crippen LogP contribution in [-0.2, 0) is 6.42 Å². The van der Waals surface area contributed by atoms with Gasteiger partial charge in [-0.25, -0.2) is 0 Å². The molecule has 1 saturated carbocycles. The van der Waals surface area contributed by atoms with Crippen LogP contribution in [0.15, 0.2) is 16.5 Å². The Morgan fingerprint density at radius 1 is 1.38 bits per heavy atom. The lowest BCUT2D eigenvalue weighted by atomic mass is 10.0. The molecule has 0 atom stereocenters. The smallest absolute Gasteiger partial charge is 0.104 e. The lowest BCUT2D eigenvalue weighted by molar-refractivity contribution is 0.399. The molecule has 0 aromatic carbocycles. The summed E-state index contributed by atoms with van der Waals surface area (Å²) in [6.45, 7) is 4.32. The van der Waals surface area contributed by atoms with Crippen LogP contribution in [0.4, 0.5) is 0 Å². The van der Waals surface area contributed by atoms with Crippen LogP contribution in [0.3, 0.4) is 0 Å². The summed E-state index contributed by atoms with van der Waals surface area (Å²) in [5, 5.41) is 7.00. The van der Waals surface area contributed by atoms with Crippen molar-refractivity contribution in [2.75, 3.05) is 7.11 Å². The molecule has 0 bridgehead atoms. The standard InChI is InChI=1S/C10H14O.CH4O/c1-8-3-4-9(11-8)7-10(2)5-6-10;1-2/h3-4H,5-7H2,1-2H3;2H,1H3. The lowest BCUT2D eigenvalue weighted by Gasteiger charge is -2.03. The summed E-state index contributed by atoms with van der Waals surface area (Å²) in [4.78, 5) is 0. The van der Waals surface area contributed by atoms with E-state index in [-0.39, 0.29) is 0 Å². The van der Waals surface area contributed by atoms with E-state index in [0.717, 1.165) is 25.1 Å². The van der Waals surface area contributed by atoms with Gasteiger partial charge in [0.2, 0.25) is 0 Å². The van der Waals surface area contributed by atoms with Crippen LogP contribution in [-0.4, -0.2) is 12.2 Å². The molecule has 1 heterocycles. The molecule has 2 rings (SSSR count). The molecule has 1 aromatic heterocycles. The molecule has 1 fully saturated rings. The van der Waals surface area contributed by atoms with Crippen LogP contribution in [0.5, 0.6) is 0 Å². The maximum atomic E-state index is 7.00. The average molecular weight is 182 g/mol. The number of aliphatic hydroxyl groups excluding tert-OH is 1. The second kappa shape index (κ2) is 3.97. The van der Waals surface area contributed by atoms with Crippen LogP contribution in [0.25, 0.3) is 0 Å². The predicted octanol–water partition coefficient (Wildman–Crippen LogP) is 2.54. The summed E-state index contributed by atoms with van der Waals surface area (Å²) in [6, 6.07) is 4.14. The second-order valence-corrected chi connectivity index (χ2v) is 4.00. The van der Waals surface area contributed by atoms with Crippen molar-refractivity contribution < 1.29 is 9.52 Å². The maximum Gasteiger partial charge on any atom is 0.104 e. The van der Waals surface area contributed by atoms with E-state index < -0.39 is 0 Å². The van der Waals surface area contributed by atoms with Gasteiger partial charge in [-0.05, 0) is 37.3 Å². The van der Waals surface area contributed by atoms with Crippen LogP contribution in [0, 0.1) is 12.3 Å². The fourth-order valence-corrected chi connectivity index (χ4v) is 1.39. The van der Waals surface area contributed by atoms with Gasteiger partial charge in [0.05, 0.1) is 0 Å². The van der Waals surface area contributed by atoms with Gasteiger partial charge in [0.1, 0.15) is 11.5 Å². The fraction of sp³-hybridized carbons (Fsp3) is 0.636. The van der Waals surface area contributed by atoms with Gasteiger partial charge < -0.3 is 9.52 Å². The summed E-state index contributed by atoms with van der Waals surface area (Å²) in [6.07, 6.45) is 3.86. The number of hydrogen-bond acceptors (Lipinski definition) is 2. The molecular weight excluding hydrogens is 164 g/mol. The molecule has 1 N–H and O–H groups in total. The van der Waals surface area contributed by atoms with E-state index in [2.05, 4.69) is 13.0 Å². The molecule has 0 amide bonds. The molecule has 0 radical (unpaired) electrons. The highest BCUT2D eigenvalue weighted by Crippen LogP contribution is 2.47. The molecule has 0 saturated heterocycles. The van der Waals surface area contributed by atoms with Gasteiger partial charge in [0.25, 0.3) is 0 Å². The average Bonchev–Trinajstić information content (AvgIpc) is 2.69. The van der Waals surface area contributed by atoms with Gasteiger partial charge in [0.15, 0.2) is 0 Å². The van der Waals surface area contributed by atoms with Crippen LogP contribution < -0.4 is 0 Å². The van der Waals surface area contributed by atoms with E-state index in [9.17, 15) is 0 Å². The number of rotatable bonds is 2. The third-order valence-corrected chi connectivity index (χ3v) is 2.50. The Kier molecular flexibility index (Phi) is 3.15. The first-order valence-corrected chi connectivity index (χ1v) is 4.68. The first-order chi connectivity index (χ1) is 6.18.